The number of Topliss-reactive ketones (excluding diaryl/α,β-unsaturated/α-hetero) is 1. The van der Waals surface area contributed by atoms with Gasteiger partial charge in [-0.25, -0.2) is 9.78 Å². The largest absolute Gasteiger partial charge is 0.448 e. The number of carbonyl (C=O) groups is 3. The van der Waals surface area contributed by atoms with Gasteiger partial charge in [-0.3, -0.25) is 9.59 Å². The Morgan fingerprint density at radius 3 is 2.56 bits per heavy atom. The number of aryl methyl sites for hydroxylation is 1. The Kier molecular flexibility index (Phi) is 5.03. The fraction of sp³-hybridized carbons (Fsp3) is 0.200. The minimum Gasteiger partial charge on any atom is -0.448 e. The lowest BCUT2D eigenvalue weighted by Gasteiger charge is -2.14. The molecule has 7 nitrogen and oxygen atoms in total. The molecule has 1 atom stereocenters. The first kappa shape index (κ1) is 18.3. The van der Waals surface area contributed by atoms with E-state index in [1.54, 1.807) is 40.9 Å². The van der Waals surface area contributed by atoms with Crippen LogP contribution in [-0.4, -0.2) is 33.1 Å². The van der Waals surface area contributed by atoms with Gasteiger partial charge in [0, 0.05) is 17.5 Å². The number of aromatic nitrogens is 2. The molecular weight excluding hydrogens is 346 g/mol. The van der Waals surface area contributed by atoms with Crippen molar-refractivity contribution in [3.8, 4) is 0 Å². The van der Waals surface area contributed by atoms with Crippen LogP contribution < -0.4 is 5.32 Å². The van der Waals surface area contributed by atoms with Crippen molar-refractivity contribution in [3.05, 3.63) is 65.6 Å². The first-order valence-corrected chi connectivity index (χ1v) is 8.43. The summed E-state index contributed by atoms with van der Waals surface area (Å²) < 4.78 is 7.00. The molecule has 2 heterocycles. The fourth-order valence-corrected chi connectivity index (χ4v) is 2.65. The average molecular weight is 365 g/mol. The zero-order valence-corrected chi connectivity index (χ0v) is 15.2. The Hall–Kier alpha value is -3.48. The van der Waals surface area contributed by atoms with Crippen molar-refractivity contribution in [3.63, 3.8) is 0 Å². The molecule has 138 valence electrons. The van der Waals surface area contributed by atoms with Crippen LogP contribution >= 0.6 is 0 Å². The predicted octanol–water partition coefficient (Wildman–Crippen LogP) is 3.03. The van der Waals surface area contributed by atoms with Crippen LogP contribution in [-0.2, 0) is 9.53 Å². The number of para-hydroxylation sites is 1. The maximum absolute atomic E-state index is 12.4. The van der Waals surface area contributed by atoms with E-state index in [-0.39, 0.29) is 11.5 Å². The molecule has 0 aliphatic rings. The summed E-state index contributed by atoms with van der Waals surface area (Å²) in [6.45, 7) is 4.77. The number of amides is 1. The molecule has 1 N–H and O–H groups in total. The molecule has 27 heavy (non-hydrogen) atoms. The van der Waals surface area contributed by atoms with Gasteiger partial charge < -0.3 is 14.5 Å². The number of carbonyl (C=O) groups excluding carboxylic acids is 3. The van der Waals surface area contributed by atoms with E-state index >= 15 is 0 Å². The molecule has 7 heteroatoms. The third-order valence-corrected chi connectivity index (χ3v) is 4.12. The lowest BCUT2D eigenvalue weighted by Crippen LogP contribution is -2.30. The van der Waals surface area contributed by atoms with Crippen molar-refractivity contribution in [1.29, 1.82) is 0 Å². The highest BCUT2D eigenvalue weighted by Gasteiger charge is 2.22. The third kappa shape index (κ3) is 3.87. The molecule has 0 radical (unpaired) electrons. The van der Waals surface area contributed by atoms with Gasteiger partial charge in [-0.1, -0.05) is 18.2 Å². The van der Waals surface area contributed by atoms with Crippen LogP contribution in [0.4, 0.5) is 5.69 Å². The summed E-state index contributed by atoms with van der Waals surface area (Å²) in [5.41, 5.74) is 2.43. The molecule has 0 aliphatic carbocycles. The smallest absolute Gasteiger partial charge is 0.359 e. The number of benzene rings is 1. The lowest BCUT2D eigenvalue weighted by atomic mass is 10.1. The monoisotopic (exact) mass is 365 g/mol. The quantitative estimate of drug-likeness (QED) is 0.554. The number of esters is 1. The number of nitrogens with one attached hydrogen (secondary N) is 1. The zero-order chi connectivity index (χ0) is 19.6. The van der Waals surface area contributed by atoms with Crippen molar-refractivity contribution in [1.82, 2.24) is 9.38 Å². The Labute approximate surface area is 156 Å². The van der Waals surface area contributed by atoms with Gasteiger partial charge in [-0.05, 0) is 45.0 Å². The van der Waals surface area contributed by atoms with E-state index in [2.05, 4.69) is 10.3 Å². The highest BCUT2D eigenvalue weighted by atomic mass is 16.5. The van der Waals surface area contributed by atoms with E-state index < -0.39 is 18.0 Å². The summed E-state index contributed by atoms with van der Waals surface area (Å²) in [7, 11) is 0. The summed E-state index contributed by atoms with van der Waals surface area (Å²) >= 11 is 0. The van der Waals surface area contributed by atoms with Gasteiger partial charge in [0.25, 0.3) is 5.91 Å². The molecule has 0 spiro atoms. The second-order valence-electron chi connectivity index (χ2n) is 6.16. The van der Waals surface area contributed by atoms with Crippen LogP contribution in [0.2, 0.25) is 0 Å². The number of hydrogen-bond donors (Lipinski definition) is 1. The topological polar surface area (TPSA) is 89.8 Å². The number of imidazole rings is 1. The van der Waals surface area contributed by atoms with Crippen molar-refractivity contribution in [2.45, 2.75) is 26.9 Å². The molecule has 3 aromatic rings. The number of ether oxygens (including phenoxy) is 1. The van der Waals surface area contributed by atoms with Crippen LogP contribution in [0.15, 0.2) is 48.7 Å². The van der Waals surface area contributed by atoms with Gasteiger partial charge in [0.05, 0.1) is 5.69 Å². The van der Waals surface area contributed by atoms with Gasteiger partial charge in [-0.15, -0.1) is 0 Å². The molecule has 1 aromatic carbocycles. The summed E-state index contributed by atoms with van der Waals surface area (Å²) in [4.78, 5) is 40.6. The second-order valence-corrected chi connectivity index (χ2v) is 6.16. The molecule has 2 aromatic heterocycles. The molecule has 0 unspecified atom stereocenters. The summed E-state index contributed by atoms with van der Waals surface area (Å²) in [5.74, 6) is -1.40. The summed E-state index contributed by atoms with van der Waals surface area (Å²) in [5, 5.41) is 2.62. The number of nitrogens with zero attached hydrogens (tertiary/aromatic N) is 2. The first-order chi connectivity index (χ1) is 12.9. The minimum absolute atomic E-state index is 0.119. The summed E-state index contributed by atoms with van der Waals surface area (Å²) in [6, 6.07) is 12.2. The predicted molar refractivity (Wildman–Crippen MR) is 99.9 cm³/mol. The molecule has 0 fully saturated rings. The van der Waals surface area contributed by atoms with Crippen LogP contribution in [0.25, 0.3) is 5.65 Å². The van der Waals surface area contributed by atoms with Crippen LogP contribution in [0.3, 0.4) is 0 Å². The molecule has 0 bridgehead atoms. The van der Waals surface area contributed by atoms with Crippen molar-refractivity contribution < 1.29 is 19.1 Å². The Morgan fingerprint density at radius 2 is 1.85 bits per heavy atom. The normalized spacial score (nSPS) is 11.8. The number of hydrogen-bond acceptors (Lipinski definition) is 5. The van der Waals surface area contributed by atoms with E-state index in [9.17, 15) is 14.4 Å². The molecule has 0 aliphatic heterocycles. The second kappa shape index (κ2) is 7.41. The number of pyridine rings is 1. The number of ketones is 1. The first-order valence-electron chi connectivity index (χ1n) is 8.43. The van der Waals surface area contributed by atoms with Crippen LogP contribution in [0.1, 0.15) is 40.4 Å². The fourth-order valence-electron chi connectivity index (χ4n) is 2.65. The van der Waals surface area contributed by atoms with Crippen LogP contribution in [0, 0.1) is 6.92 Å². The summed E-state index contributed by atoms with van der Waals surface area (Å²) in [6.07, 6.45) is 0.520. The zero-order valence-electron chi connectivity index (χ0n) is 15.2. The van der Waals surface area contributed by atoms with Gasteiger partial charge in [0.2, 0.25) is 0 Å². The van der Waals surface area contributed by atoms with Crippen LogP contribution in [0.5, 0.6) is 0 Å². The molecule has 0 saturated heterocycles. The van der Waals surface area contributed by atoms with Crippen molar-refractivity contribution >= 4 is 29.0 Å². The Bertz CT molecular complexity index is 1040. The number of anilines is 1. The van der Waals surface area contributed by atoms with E-state index in [1.165, 1.54) is 13.8 Å². The van der Waals surface area contributed by atoms with E-state index in [1.807, 2.05) is 19.1 Å². The highest BCUT2D eigenvalue weighted by molar-refractivity contribution is 6.05. The Balaban J connectivity index is 1.71. The highest BCUT2D eigenvalue weighted by Crippen LogP contribution is 2.16. The minimum atomic E-state index is -1.05. The van der Waals surface area contributed by atoms with E-state index in [0.717, 1.165) is 5.69 Å². The maximum atomic E-state index is 12.4. The molecule has 3 rings (SSSR count). The number of fused-ring (bicyclic) bond motifs is 1. The van der Waals surface area contributed by atoms with Crippen molar-refractivity contribution in [2.24, 2.45) is 0 Å². The molecule has 0 saturated carbocycles. The molecular formula is C20H19N3O4. The third-order valence-electron chi connectivity index (χ3n) is 4.12. The van der Waals surface area contributed by atoms with Gasteiger partial charge in [0.1, 0.15) is 5.65 Å². The number of rotatable bonds is 5. The van der Waals surface area contributed by atoms with E-state index in [0.29, 0.717) is 16.9 Å². The lowest BCUT2D eigenvalue weighted by molar-refractivity contribution is -0.123. The average Bonchev–Trinajstić information content (AvgIpc) is 3.08. The Morgan fingerprint density at radius 1 is 1.11 bits per heavy atom. The standard InChI is InChI=1S/C20H19N3O4/c1-12-7-6-10-18-21-17(11-23(12)18)20(26)27-14(3)19(25)22-16-9-5-4-8-15(16)13(2)24/h4-11,14H,1-3H3,(H,22,25)/t14-/m0/s1. The maximum Gasteiger partial charge on any atom is 0.359 e. The van der Waals surface area contributed by atoms with Gasteiger partial charge >= 0.3 is 5.97 Å². The van der Waals surface area contributed by atoms with E-state index in [4.69, 9.17) is 4.74 Å². The SMILES string of the molecule is CC(=O)c1ccccc1NC(=O)[C@H](C)OC(=O)c1cn2c(C)cccc2n1. The van der Waals surface area contributed by atoms with Gasteiger partial charge in [0.15, 0.2) is 17.6 Å². The molecule has 1 amide bonds. The van der Waals surface area contributed by atoms with Crippen molar-refractivity contribution in [2.75, 3.05) is 5.32 Å². The van der Waals surface area contributed by atoms with Gasteiger partial charge in [-0.2, -0.15) is 0 Å².